The predicted octanol–water partition coefficient (Wildman–Crippen LogP) is 4.14. The van der Waals surface area contributed by atoms with E-state index in [1.807, 2.05) is 27.7 Å². The third-order valence-corrected chi connectivity index (χ3v) is 8.43. The van der Waals surface area contributed by atoms with Gasteiger partial charge in [-0.25, -0.2) is 4.31 Å². The highest BCUT2D eigenvalue weighted by Crippen LogP contribution is 2.66. The van der Waals surface area contributed by atoms with E-state index in [-0.39, 0.29) is 0 Å². The average molecular weight is 408 g/mol. The average Bonchev–Trinajstić information content (AvgIpc) is 2.98. The Kier molecular flexibility index (Phi) is 13.4. The van der Waals surface area contributed by atoms with Gasteiger partial charge in [0.25, 0.3) is 0 Å². The Hall–Kier alpha value is 0.660. The number of nitrogens with zero attached hydrogens (tertiary/aromatic N) is 2. The van der Waals surface area contributed by atoms with Gasteiger partial charge in [0.15, 0.2) is 0 Å². The molecular formula is C10H22N2O5P2S3. The van der Waals surface area contributed by atoms with Gasteiger partial charge in [0, 0.05) is 0 Å². The second kappa shape index (κ2) is 13.0. The molecule has 0 aliphatic heterocycles. The van der Waals surface area contributed by atoms with Crippen molar-refractivity contribution in [1.29, 1.82) is 0 Å². The van der Waals surface area contributed by atoms with Gasteiger partial charge in [-0.3, -0.25) is 0 Å². The molecule has 1 heterocycles. The van der Waals surface area contributed by atoms with E-state index in [1.54, 1.807) is 11.0 Å². The van der Waals surface area contributed by atoms with Gasteiger partial charge in [0.05, 0.1) is 26.4 Å². The highest BCUT2D eigenvalue weighted by atomic mass is 32.5. The lowest BCUT2D eigenvalue weighted by Crippen LogP contribution is -2.03. The summed E-state index contributed by atoms with van der Waals surface area (Å²) < 4.78 is 26.9. The zero-order valence-electron chi connectivity index (χ0n) is 13.0. The summed E-state index contributed by atoms with van der Waals surface area (Å²) >= 11 is 11.9. The maximum atomic E-state index is 5.55. The van der Waals surface area contributed by atoms with Crippen molar-refractivity contribution in [2.24, 2.45) is 0 Å². The maximum absolute atomic E-state index is 5.55. The van der Waals surface area contributed by atoms with Gasteiger partial charge in [-0.1, -0.05) is 0 Å². The largest absolute Gasteiger partial charge is 0.334 e. The van der Waals surface area contributed by atoms with Crippen molar-refractivity contribution in [3.63, 3.8) is 0 Å². The summed E-state index contributed by atoms with van der Waals surface area (Å²) in [4.78, 5) is 0. The van der Waals surface area contributed by atoms with Crippen LogP contribution in [0.3, 0.4) is 0 Å². The van der Waals surface area contributed by atoms with Crippen LogP contribution in [0.5, 0.6) is 0 Å². The molecule has 0 atom stereocenters. The molecule has 22 heavy (non-hydrogen) atoms. The van der Waals surface area contributed by atoms with Gasteiger partial charge >= 0.3 is 13.4 Å². The second-order valence-corrected chi connectivity index (χ2v) is 10.1. The molecule has 0 spiro atoms. The van der Waals surface area contributed by atoms with E-state index in [1.165, 1.54) is 11.3 Å². The molecule has 0 unspecified atom stereocenters. The van der Waals surface area contributed by atoms with E-state index in [0.29, 0.717) is 26.4 Å². The first kappa shape index (κ1) is 22.7. The van der Waals surface area contributed by atoms with Crippen LogP contribution in [0.4, 0.5) is 0 Å². The van der Waals surface area contributed by atoms with Gasteiger partial charge in [-0.2, -0.15) is 0 Å². The molecule has 0 amide bonds. The Labute approximate surface area is 146 Å². The first-order valence-electron chi connectivity index (χ1n) is 6.63. The molecule has 0 N–H and O–H groups in total. The first-order chi connectivity index (χ1) is 10.4. The van der Waals surface area contributed by atoms with Crippen molar-refractivity contribution in [3.05, 3.63) is 11.0 Å². The van der Waals surface area contributed by atoms with E-state index in [9.17, 15) is 0 Å². The van der Waals surface area contributed by atoms with Crippen LogP contribution in [0.15, 0.2) is 11.0 Å². The van der Waals surface area contributed by atoms with Gasteiger partial charge in [0.2, 0.25) is 0 Å². The van der Waals surface area contributed by atoms with Crippen molar-refractivity contribution < 1.29 is 22.4 Å². The van der Waals surface area contributed by atoms with Crippen LogP contribution in [0.1, 0.15) is 27.7 Å². The first-order valence-corrected chi connectivity index (χ1v) is 12.7. The van der Waals surface area contributed by atoms with Crippen molar-refractivity contribution in [1.82, 2.24) is 10.2 Å². The fourth-order valence-electron chi connectivity index (χ4n) is 1.06. The van der Waals surface area contributed by atoms with Gasteiger partial charge in [0.1, 0.15) is 11.0 Å². The molecule has 1 rings (SSSR count). The van der Waals surface area contributed by atoms with Crippen LogP contribution in [0.25, 0.3) is 0 Å². The fraction of sp³-hybridized carbons (Fsp3) is 0.800. The highest BCUT2D eigenvalue weighted by Gasteiger charge is 2.31. The van der Waals surface area contributed by atoms with Gasteiger partial charge in [-0.15, -0.1) is 21.5 Å². The molecule has 1 aromatic heterocycles. The van der Waals surface area contributed by atoms with E-state index < -0.39 is 13.4 Å². The predicted molar refractivity (Wildman–Crippen MR) is 96.1 cm³/mol. The monoisotopic (exact) mass is 408 g/mol. The molecular weight excluding hydrogens is 386 g/mol. The molecule has 0 fully saturated rings. The van der Waals surface area contributed by atoms with E-state index in [4.69, 9.17) is 46.0 Å². The molecule has 12 heteroatoms. The Morgan fingerprint density at radius 2 is 1.09 bits per heavy atom. The SMILES string of the molecule is CCOP(=S)(OCC)OP(=S)(OCC)OCC.c1nncs1. The zero-order valence-corrected chi connectivity index (χ0v) is 17.3. The maximum Gasteiger partial charge on any atom is 0.334 e. The number of hydrogen-bond acceptors (Lipinski definition) is 10. The topological polar surface area (TPSA) is 71.9 Å². The lowest BCUT2D eigenvalue weighted by molar-refractivity contribution is 0.176. The van der Waals surface area contributed by atoms with E-state index >= 15 is 0 Å². The zero-order chi connectivity index (χ0) is 16.9. The Bertz CT molecular complexity index is 398. The summed E-state index contributed by atoms with van der Waals surface area (Å²) in [7, 11) is 0. The lowest BCUT2D eigenvalue weighted by Gasteiger charge is -2.27. The lowest BCUT2D eigenvalue weighted by atomic mass is 10.9. The molecule has 0 aliphatic carbocycles. The van der Waals surface area contributed by atoms with Gasteiger partial charge < -0.3 is 18.1 Å². The van der Waals surface area contributed by atoms with Crippen molar-refractivity contribution in [3.8, 4) is 0 Å². The number of rotatable bonds is 10. The molecule has 0 aromatic carbocycles. The molecule has 0 aliphatic rings. The standard InChI is InChI=1S/C8H20O5P2S2.C2H2N2S/c1-5-9-14(16,10-6-2)13-15(17,11-7-3)12-8-4;1-3-4-2-5-1/h5-8H2,1-4H3;1-2H. The minimum absolute atomic E-state index is 0.394. The number of aromatic nitrogens is 2. The Morgan fingerprint density at radius 3 is 1.27 bits per heavy atom. The van der Waals surface area contributed by atoms with Crippen LogP contribution >= 0.6 is 24.8 Å². The summed E-state index contributed by atoms with van der Waals surface area (Å²) in [5.41, 5.74) is 3.36. The molecule has 0 bridgehead atoms. The summed E-state index contributed by atoms with van der Waals surface area (Å²) in [5, 5.41) is 6.98. The summed E-state index contributed by atoms with van der Waals surface area (Å²) in [6, 6.07) is 0. The third kappa shape index (κ3) is 10.4. The van der Waals surface area contributed by atoms with Crippen molar-refractivity contribution in [2.45, 2.75) is 27.7 Å². The van der Waals surface area contributed by atoms with Crippen LogP contribution < -0.4 is 0 Å². The Morgan fingerprint density at radius 1 is 0.773 bits per heavy atom. The summed E-state index contributed by atoms with van der Waals surface area (Å²) in [6.45, 7) is 3.09. The highest BCUT2D eigenvalue weighted by molar-refractivity contribution is 8.14. The van der Waals surface area contributed by atoms with Crippen molar-refractivity contribution >= 4 is 48.4 Å². The summed E-state index contributed by atoms with van der Waals surface area (Å²) in [6.07, 6.45) is 0. The third-order valence-electron chi connectivity index (χ3n) is 1.63. The van der Waals surface area contributed by atoms with E-state index in [0.717, 1.165) is 0 Å². The van der Waals surface area contributed by atoms with Crippen LogP contribution in [-0.4, -0.2) is 36.6 Å². The smallest absolute Gasteiger partial charge is 0.309 e. The van der Waals surface area contributed by atoms with Gasteiger partial charge in [-0.05, 0) is 51.3 Å². The second-order valence-electron chi connectivity index (χ2n) is 3.23. The normalized spacial score (nSPS) is 11.8. The molecule has 0 saturated heterocycles. The quantitative estimate of drug-likeness (QED) is 0.531. The van der Waals surface area contributed by atoms with Crippen LogP contribution in [-0.2, 0) is 46.0 Å². The van der Waals surface area contributed by atoms with Crippen LogP contribution in [0.2, 0.25) is 0 Å². The minimum Gasteiger partial charge on any atom is -0.309 e. The van der Waals surface area contributed by atoms with E-state index in [2.05, 4.69) is 10.2 Å². The molecule has 130 valence electrons. The molecule has 1 aromatic rings. The fourth-order valence-corrected chi connectivity index (χ4v) is 7.70. The molecule has 7 nitrogen and oxygen atoms in total. The Balaban J connectivity index is 0.000000734. The minimum atomic E-state index is -2.87. The van der Waals surface area contributed by atoms with Crippen molar-refractivity contribution in [2.75, 3.05) is 26.4 Å². The summed E-state index contributed by atoms with van der Waals surface area (Å²) in [5.74, 6) is 0. The molecule has 0 radical (unpaired) electrons. The molecule has 0 saturated carbocycles. The van der Waals surface area contributed by atoms with Crippen LogP contribution in [0, 0.1) is 0 Å². The number of hydrogen-bond donors (Lipinski definition) is 0.